The van der Waals surface area contributed by atoms with Crippen molar-refractivity contribution in [2.75, 3.05) is 118 Å². The largest absolute Gasteiger partial charge is 0.392 e. The Morgan fingerprint density at radius 3 is 1.48 bits per heavy atom. The second-order valence-electron chi connectivity index (χ2n) is 11.5. The average molecular weight is 743 g/mol. The lowest BCUT2D eigenvalue weighted by Gasteiger charge is -2.24. The van der Waals surface area contributed by atoms with E-state index < -0.39 is 23.9 Å². The van der Waals surface area contributed by atoms with Crippen molar-refractivity contribution < 1.29 is 57.4 Å². The number of ether oxygens (including phenoxy) is 8. The summed E-state index contributed by atoms with van der Waals surface area (Å²) in [6.07, 6.45) is 0.0643. The number of anilines is 1. The highest BCUT2D eigenvalue weighted by atomic mass is 16.6. The first-order valence-electron chi connectivity index (χ1n) is 17.5. The van der Waals surface area contributed by atoms with Crippen LogP contribution in [0.25, 0.3) is 10.4 Å². The van der Waals surface area contributed by atoms with Crippen LogP contribution in [0.4, 0.5) is 5.69 Å². The van der Waals surface area contributed by atoms with Crippen LogP contribution in [-0.2, 0) is 58.9 Å². The highest BCUT2D eigenvalue weighted by molar-refractivity contribution is 5.98. The molecule has 0 aliphatic heterocycles. The quantitative estimate of drug-likeness (QED) is 0.0342. The second-order valence-corrected chi connectivity index (χ2v) is 11.5. The maximum absolute atomic E-state index is 12.9. The van der Waals surface area contributed by atoms with Crippen molar-refractivity contribution in [2.45, 2.75) is 45.9 Å². The molecule has 0 saturated heterocycles. The molecule has 0 unspecified atom stereocenters. The topological polar surface area (TPSA) is 230 Å². The van der Waals surface area contributed by atoms with Crippen LogP contribution in [0.5, 0.6) is 0 Å². The van der Waals surface area contributed by atoms with Gasteiger partial charge in [-0.05, 0) is 36.1 Å². The molecule has 0 aromatic heterocycles. The van der Waals surface area contributed by atoms with Gasteiger partial charge >= 0.3 is 0 Å². The van der Waals surface area contributed by atoms with E-state index in [1.807, 2.05) is 0 Å². The first-order valence-corrected chi connectivity index (χ1v) is 17.5. The molecular weight excluding hydrogens is 684 g/mol. The predicted octanol–water partition coefficient (Wildman–Crippen LogP) is 1.60. The molecule has 1 aromatic carbocycles. The Morgan fingerprint density at radius 2 is 1.08 bits per heavy atom. The normalized spacial score (nSPS) is 12.2. The van der Waals surface area contributed by atoms with Crippen molar-refractivity contribution in [3.8, 4) is 0 Å². The molecule has 0 bridgehead atoms. The maximum Gasteiger partial charge on any atom is 0.246 e. The molecule has 0 aliphatic rings. The van der Waals surface area contributed by atoms with E-state index in [4.69, 9.17) is 48.5 Å². The van der Waals surface area contributed by atoms with Gasteiger partial charge in [0.1, 0.15) is 12.1 Å². The molecule has 1 rings (SSSR count). The summed E-state index contributed by atoms with van der Waals surface area (Å²) < 4.78 is 43.3. The Balaban J connectivity index is 1.94. The number of carbonyl (C=O) groups excluding carboxylic acids is 3. The number of carbonyl (C=O) groups is 3. The van der Waals surface area contributed by atoms with Crippen molar-refractivity contribution >= 4 is 23.4 Å². The van der Waals surface area contributed by atoms with Crippen LogP contribution in [0.15, 0.2) is 29.4 Å². The van der Waals surface area contributed by atoms with Gasteiger partial charge in [0.05, 0.1) is 112 Å². The molecule has 18 heteroatoms. The Hall–Kier alpha value is -3.42. The Bertz CT molecular complexity index is 1120. The van der Waals surface area contributed by atoms with Crippen LogP contribution in [0.2, 0.25) is 0 Å². The van der Waals surface area contributed by atoms with Gasteiger partial charge in [0.15, 0.2) is 0 Å². The highest BCUT2D eigenvalue weighted by Gasteiger charge is 2.27. The van der Waals surface area contributed by atoms with E-state index in [0.717, 1.165) is 0 Å². The monoisotopic (exact) mass is 742 g/mol. The van der Waals surface area contributed by atoms with E-state index in [0.29, 0.717) is 117 Å². The summed E-state index contributed by atoms with van der Waals surface area (Å²) in [5.41, 5.74) is 9.40. The van der Waals surface area contributed by atoms with Gasteiger partial charge < -0.3 is 59.0 Å². The molecule has 0 fully saturated rings. The van der Waals surface area contributed by atoms with Gasteiger partial charge in [0.2, 0.25) is 17.7 Å². The predicted molar refractivity (Wildman–Crippen MR) is 191 cm³/mol. The summed E-state index contributed by atoms with van der Waals surface area (Å²) in [6, 6.07) is 5.05. The molecule has 18 nitrogen and oxygen atoms in total. The van der Waals surface area contributed by atoms with Crippen LogP contribution >= 0.6 is 0 Å². The zero-order valence-corrected chi connectivity index (χ0v) is 30.8. The third kappa shape index (κ3) is 25.5. The van der Waals surface area contributed by atoms with Crippen LogP contribution < -0.4 is 16.0 Å². The van der Waals surface area contributed by atoms with Gasteiger partial charge in [-0.15, -0.1) is 0 Å². The minimum Gasteiger partial charge on any atom is -0.392 e. The van der Waals surface area contributed by atoms with Crippen molar-refractivity contribution in [2.24, 2.45) is 11.0 Å². The van der Waals surface area contributed by atoms with E-state index in [1.165, 1.54) is 0 Å². The van der Waals surface area contributed by atoms with Crippen LogP contribution in [0.3, 0.4) is 0 Å². The summed E-state index contributed by atoms with van der Waals surface area (Å²) in [5.74, 6) is -1.42. The van der Waals surface area contributed by atoms with Gasteiger partial charge in [-0.1, -0.05) is 31.1 Å². The number of nitrogens with one attached hydrogen (secondary N) is 3. The van der Waals surface area contributed by atoms with Crippen LogP contribution in [0.1, 0.15) is 32.8 Å². The van der Waals surface area contributed by atoms with Gasteiger partial charge in [0, 0.05) is 23.6 Å². The fourth-order valence-corrected chi connectivity index (χ4v) is 4.05. The summed E-state index contributed by atoms with van der Waals surface area (Å²) >= 11 is 0. The fourth-order valence-electron chi connectivity index (χ4n) is 4.05. The number of nitrogens with zero attached hydrogens (tertiary/aromatic N) is 3. The Labute approximate surface area is 306 Å². The molecule has 4 N–H and O–H groups in total. The first kappa shape index (κ1) is 46.6. The average Bonchev–Trinajstić information content (AvgIpc) is 3.13. The van der Waals surface area contributed by atoms with Crippen molar-refractivity contribution in [3.05, 3.63) is 40.3 Å². The van der Waals surface area contributed by atoms with Crippen molar-refractivity contribution in [1.82, 2.24) is 10.6 Å². The number of rotatable bonds is 34. The van der Waals surface area contributed by atoms with E-state index in [1.54, 1.807) is 45.0 Å². The molecule has 52 heavy (non-hydrogen) atoms. The molecular formula is C34H58N6O12. The standard InChI is InChI=1S/C34H58N6O12/c1-27(2)32(34(44)37-28(3)33(43)38-30-6-4-29(26-41)5-7-30)39-31(42)8-10-45-12-14-47-16-18-49-20-22-51-24-25-52-23-21-50-19-17-48-15-13-46-11-9-36-40-35/h4-7,27-28,32,41H,8-26H2,1-3H3,(H,37,44)(H,38,43)(H,39,42)/t28-,32-/m0/s1. The molecule has 0 radical (unpaired) electrons. The van der Waals surface area contributed by atoms with Gasteiger partial charge in [-0.25, -0.2) is 0 Å². The van der Waals surface area contributed by atoms with Crippen LogP contribution in [0, 0.1) is 5.92 Å². The van der Waals surface area contributed by atoms with E-state index in [9.17, 15) is 14.4 Å². The SMILES string of the molecule is CC(C)[C@H](NC(=O)CCOCCOCCOCCOCCOCCOCCOCCOCCN=[N+]=[N-])C(=O)N[C@@H](C)C(=O)Nc1ccc(CO)cc1. The molecule has 296 valence electrons. The van der Waals surface area contributed by atoms with Gasteiger partial charge in [-0.2, -0.15) is 0 Å². The molecule has 3 amide bonds. The minimum absolute atomic E-state index is 0.0643. The fraction of sp³-hybridized carbons (Fsp3) is 0.735. The summed E-state index contributed by atoms with van der Waals surface area (Å²) in [5, 5.41) is 20.6. The molecule has 2 atom stereocenters. The minimum atomic E-state index is -0.839. The second kappa shape index (κ2) is 32.2. The zero-order valence-electron chi connectivity index (χ0n) is 30.8. The molecule has 0 spiro atoms. The summed E-state index contributed by atoms with van der Waals surface area (Å²) in [7, 11) is 0. The number of hydrogen-bond acceptors (Lipinski definition) is 13. The Kier molecular flexibility index (Phi) is 28.9. The number of amides is 3. The third-order valence-electron chi connectivity index (χ3n) is 6.90. The van der Waals surface area contributed by atoms with Crippen molar-refractivity contribution in [1.29, 1.82) is 0 Å². The van der Waals surface area contributed by atoms with E-state index in [-0.39, 0.29) is 31.5 Å². The Morgan fingerprint density at radius 1 is 0.654 bits per heavy atom. The summed E-state index contributed by atoms with van der Waals surface area (Å²) in [4.78, 5) is 40.5. The van der Waals surface area contributed by atoms with Crippen molar-refractivity contribution in [3.63, 3.8) is 0 Å². The molecule has 0 heterocycles. The lowest BCUT2D eigenvalue weighted by atomic mass is 10.0. The van der Waals surface area contributed by atoms with E-state index >= 15 is 0 Å². The maximum atomic E-state index is 12.9. The number of aliphatic hydroxyl groups is 1. The van der Waals surface area contributed by atoms with E-state index in [2.05, 4.69) is 26.0 Å². The smallest absolute Gasteiger partial charge is 0.246 e. The number of azide groups is 1. The molecule has 0 saturated carbocycles. The molecule has 0 aliphatic carbocycles. The lowest BCUT2D eigenvalue weighted by Crippen LogP contribution is -2.53. The zero-order chi connectivity index (χ0) is 38.1. The number of hydrogen-bond donors (Lipinski definition) is 4. The highest BCUT2D eigenvalue weighted by Crippen LogP contribution is 2.10. The first-order chi connectivity index (χ1) is 25.3. The molecule has 1 aromatic rings. The lowest BCUT2D eigenvalue weighted by molar-refractivity contribution is -0.132. The third-order valence-corrected chi connectivity index (χ3v) is 6.90. The van der Waals surface area contributed by atoms with Crippen LogP contribution in [-0.4, -0.2) is 147 Å². The van der Waals surface area contributed by atoms with Gasteiger partial charge in [0.25, 0.3) is 0 Å². The number of benzene rings is 1. The summed E-state index contributed by atoms with van der Waals surface area (Å²) in [6.45, 7) is 11.9. The van der Waals surface area contributed by atoms with Gasteiger partial charge in [-0.3, -0.25) is 14.4 Å². The number of aliphatic hydroxyl groups excluding tert-OH is 1.